The fraction of sp³-hybridized carbons (Fsp3) is 0.115. The van der Waals surface area contributed by atoms with Crippen LogP contribution in [0.2, 0.25) is 0 Å². The number of ether oxygens (including phenoxy) is 1. The van der Waals surface area contributed by atoms with Gasteiger partial charge in [0.25, 0.3) is 10.0 Å². The minimum absolute atomic E-state index is 0.00496. The molecule has 0 saturated carbocycles. The van der Waals surface area contributed by atoms with Crippen LogP contribution in [0.25, 0.3) is 11.3 Å². The van der Waals surface area contributed by atoms with Gasteiger partial charge in [0.15, 0.2) is 0 Å². The molecule has 192 valence electrons. The van der Waals surface area contributed by atoms with E-state index < -0.39 is 10.0 Å². The number of carbonyl (C=O) groups is 1. The molecular weight excluding hydrogens is 524 g/mol. The molecule has 4 rings (SSSR count). The molecule has 2 N–H and O–H groups in total. The molecule has 2 aromatic heterocycles. The van der Waals surface area contributed by atoms with Crippen LogP contribution in [-0.2, 0) is 14.8 Å². The number of rotatable bonds is 10. The summed E-state index contributed by atoms with van der Waals surface area (Å²) in [6.45, 7) is 0. The summed E-state index contributed by atoms with van der Waals surface area (Å²) in [6.07, 6.45) is 3.02. The summed E-state index contributed by atoms with van der Waals surface area (Å²) < 4.78 is 32.5. The Bertz CT molecular complexity index is 1560. The second-order valence-electron chi connectivity index (χ2n) is 7.74. The van der Waals surface area contributed by atoms with E-state index in [1.54, 1.807) is 25.3 Å². The number of methoxy groups -OCH3 is 1. The quantitative estimate of drug-likeness (QED) is 0.277. The van der Waals surface area contributed by atoms with Crippen LogP contribution < -0.4 is 14.8 Å². The Labute approximate surface area is 224 Å². The van der Waals surface area contributed by atoms with E-state index in [2.05, 4.69) is 31.1 Å². The monoisotopic (exact) mass is 546 g/mol. The van der Waals surface area contributed by atoms with E-state index in [1.165, 1.54) is 48.4 Å². The van der Waals surface area contributed by atoms with Crippen LogP contribution in [0.5, 0.6) is 5.75 Å². The zero-order chi connectivity index (χ0) is 27.0. The highest BCUT2D eigenvalue weighted by atomic mass is 32.2. The molecule has 2 heterocycles. The van der Waals surface area contributed by atoms with Crippen molar-refractivity contribution in [3.05, 3.63) is 84.7 Å². The van der Waals surface area contributed by atoms with Crippen LogP contribution in [0.4, 0.5) is 11.6 Å². The lowest BCUT2D eigenvalue weighted by molar-refractivity contribution is -0.115. The molecule has 0 unspecified atom stereocenters. The Kier molecular flexibility index (Phi) is 8.52. The van der Waals surface area contributed by atoms with Gasteiger partial charge in [-0.3, -0.25) is 4.79 Å². The molecule has 0 aliphatic rings. The SMILES string of the molecule is COc1ccc(-c2ccc(C#N)c(SCCC(=O)Nc3ccc(S(=O)(=O)Nc4ncccn4)cc3)n2)cc1. The average molecular weight is 547 g/mol. The van der Waals surface area contributed by atoms with Gasteiger partial charge in [-0.05, 0) is 66.7 Å². The summed E-state index contributed by atoms with van der Waals surface area (Å²) in [5, 5.41) is 12.7. The topological polar surface area (TPSA) is 147 Å². The fourth-order valence-corrected chi connectivity index (χ4v) is 5.14. The van der Waals surface area contributed by atoms with Gasteiger partial charge in [0, 0.05) is 35.8 Å². The lowest BCUT2D eigenvalue weighted by Gasteiger charge is -2.09. The van der Waals surface area contributed by atoms with E-state index in [0.717, 1.165) is 11.3 Å². The smallest absolute Gasteiger partial charge is 0.264 e. The number of hydrogen-bond acceptors (Lipinski definition) is 9. The van der Waals surface area contributed by atoms with E-state index in [9.17, 15) is 18.5 Å². The van der Waals surface area contributed by atoms with Crippen molar-refractivity contribution in [3.63, 3.8) is 0 Å². The van der Waals surface area contributed by atoms with Gasteiger partial charge in [0.1, 0.15) is 16.8 Å². The minimum Gasteiger partial charge on any atom is -0.497 e. The standard InChI is InChI=1S/C26H22N6O4S2/c1-36-21-8-3-18(4-9-21)23-12-5-19(17-27)25(31-23)37-16-13-24(33)30-20-6-10-22(11-7-20)38(34,35)32-26-28-14-2-15-29-26/h2-12,14-15H,13,16H2,1H3,(H,30,33)(H,28,29,32). The Morgan fingerprint density at radius 2 is 1.74 bits per heavy atom. The molecule has 0 saturated heterocycles. The van der Waals surface area contributed by atoms with Gasteiger partial charge >= 0.3 is 0 Å². The fourth-order valence-electron chi connectivity index (χ4n) is 3.27. The van der Waals surface area contributed by atoms with Gasteiger partial charge in [-0.15, -0.1) is 11.8 Å². The molecule has 0 bridgehead atoms. The zero-order valence-electron chi connectivity index (χ0n) is 20.2. The second kappa shape index (κ2) is 12.2. The van der Waals surface area contributed by atoms with E-state index >= 15 is 0 Å². The summed E-state index contributed by atoms with van der Waals surface area (Å²) in [5.74, 6) is 0.838. The Hall–Kier alpha value is -4.47. The van der Waals surface area contributed by atoms with Crippen molar-refractivity contribution >= 4 is 39.3 Å². The Morgan fingerprint density at radius 1 is 1.03 bits per heavy atom. The van der Waals surface area contributed by atoms with E-state index in [1.807, 2.05) is 24.3 Å². The van der Waals surface area contributed by atoms with Crippen LogP contribution in [-0.4, -0.2) is 42.1 Å². The molecule has 4 aromatic rings. The third-order valence-electron chi connectivity index (χ3n) is 5.17. The van der Waals surface area contributed by atoms with Crippen molar-refractivity contribution in [3.8, 4) is 23.1 Å². The molecule has 2 aromatic carbocycles. The lowest BCUT2D eigenvalue weighted by Crippen LogP contribution is -2.15. The predicted molar refractivity (Wildman–Crippen MR) is 144 cm³/mol. The number of anilines is 2. The van der Waals surface area contributed by atoms with E-state index in [-0.39, 0.29) is 23.2 Å². The van der Waals surface area contributed by atoms with E-state index in [0.29, 0.717) is 27.7 Å². The number of pyridine rings is 1. The molecule has 38 heavy (non-hydrogen) atoms. The summed E-state index contributed by atoms with van der Waals surface area (Å²) in [7, 11) is -2.27. The van der Waals surface area contributed by atoms with Crippen LogP contribution >= 0.6 is 11.8 Å². The third-order valence-corrected chi connectivity index (χ3v) is 7.51. The van der Waals surface area contributed by atoms with Crippen molar-refractivity contribution in [1.29, 1.82) is 5.26 Å². The van der Waals surface area contributed by atoms with Gasteiger partial charge in [-0.25, -0.2) is 28.1 Å². The predicted octanol–water partition coefficient (Wildman–Crippen LogP) is 4.34. The van der Waals surface area contributed by atoms with Crippen molar-refractivity contribution in [2.24, 2.45) is 0 Å². The number of carbonyl (C=O) groups excluding carboxylic acids is 1. The maximum atomic E-state index is 12.5. The first-order chi connectivity index (χ1) is 18.4. The molecule has 0 aliphatic heterocycles. The number of thioether (sulfide) groups is 1. The normalized spacial score (nSPS) is 10.8. The third kappa shape index (κ3) is 6.84. The first-order valence-corrected chi connectivity index (χ1v) is 13.7. The number of sulfonamides is 1. The number of nitrogens with one attached hydrogen (secondary N) is 2. The molecule has 0 radical (unpaired) electrons. The summed E-state index contributed by atoms with van der Waals surface area (Å²) in [5.41, 5.74) is 2.47. The molecule has 0 atom stereocenters. The maximum Gasteiger partial charge on any atom is 0.264 e. The van der Waals surface area contributed by atoms with Crippen LogP contribution in [0.1, 0.15) is 12.0 Å². The molecule has 0 spiro atoms. The number of nitrogens with zero attached hydrogens (tertiary/aromatic N) is 4. The van der Waals surface area contributed by atoms with Gasteiger partial charge in [0.05, 0.1) is 23.3 Å². The molecule has 0 aliphatic carbocycles. The number of amides is 1. The molecule has 1 amide bonds. The molecule has 0 fully saturated rings. The van der Waals surface area contributed by atoms with Gasteiger partial charge in [0.2, 0.25) is 11.9 Å². The molecule has 10 nitrogen and oxygen atoms in total. The van der Waals surface area contributed by atoms with Crippen molar-refractivity contribution in [1.82, 2.24) is 15.0 Å². The second-order valence-corrected chi connectivity index (χ2v) is 10.5. The number of benzene rings is 2. The van der Waals surface area contributed by atoms with Crippen molar-refractivity contribution < 1.29 is 17.9 Å². The highest BCUT2D eigenvalue weighted by Crippen LogP contribution is 2.27. The maximum absolute atomic E-state index is 12.5. The average Bonchev–Trinajstić information content (AvgIpc) is 2.93. The Balaban J connectivity index is 1.33. The summed E-state index contributed by atoms with van der Waals surface area (Å²) in [6, 6.07) is 20.4. The van der Waals surface area contributed by atoms with Gasteiger partial charge in [-0.1, -0.05) is 0 Å². The lowest BCUT2D eigenvalue weighted by atomic mass is 10.1. The molecular formula is C26H22N6O4S2. The highest BCUT2D eigenvalue weighted by molar-refractivity contribution is 7.99. The summed E-state index contributed by atoms with van der Waals surface area (Å²) >= 11 is 1.32. The first-order valence-electron chi connectivity index (χ1n) is 11.3. The minimum atomic E-state index is -3.87. The van der Waals surface area contributed by atoms with Crippen molar-refractivity contribution in [2.75, 3.05) is 22.9 Å². The van der Waals surface area contributed by atoms with Crippen LogP contribution in [0.3, 0.4) is 0 Å². The highest BCUT2D eigenvalue weighted by Gasteiger charge is 2.16. The number of nitriles is 1. The van der Waals surface area contributed by atoms with Crippen molar-refractivity contribution in [2.45, 2.75) is 16.3 Å². The molecule has 12 heteroatoms. The number of hydrogen-bond donors (Lipinski definition) is 2. The van der Waals surface area contributed by atoms with Crippen LogP contribution in [0.15, 0.2) is 89.0 Å². The largest absolute Gasteiger partial charge is 0.497 e. The number of aromatic nitrogens is 3. The first kappa shape index (κ1) is 26.6. The Morgan fingerprint density at radius 3 is 2.39 bits per heavy atom. The van der Waals surface area contributed by atoms with Gasteiger partial charge in [-0.2, -0.15) is 5.26 Å². The zero-order valence-corrected chi connectivity index (χ0v) is 21.8. The van der Waals surface area contributed by atoms with Gasteiger partial charge < -0.3 is 10.1 Å². The van der Waals surface area contributed by atoms with E-state index in [4.69, 9.17) is 4.74 Å². The van der Waals surface area contributed by atoms with Crippen LogP contribution in [0, 0.1) is 11.3 Å². The summed E-state index contributed by atoms with van der Waals surface area (Å²) in [4.78, 5) is 24.8.